The molecule has 5 heteroatoms. The van der Waals surface area contributed by atoms with Gasteiger partial charge in [0.1, 0.15) is 0 Å². The molecule has 3 aromatic rings. The number of aliphatic hydroxyl groups is 2. The summed E-state index contributed by atoms with van der Waals surface area (Å²) < 4.78 is 0. The van der Waals surface area contributed by atoms with Crippen LogP contribution in [-0.2, 0) is 12.8 Å². The van der Waals surface area contributed by atoms with Crippen LogP contribution in [-0.4, -0.2) is 40.4 Å². The number of rotatable bonds is 5. The molecule has 0 saturated carbocycles. The molecular formula is C23H24N2O3. The zero-order valence-corrected chi connectivity index (χ0v) is 15.9. The highest BCUT2D eigenvalue weighted by Crippen LogP contribution is 2.30. The Kier molecular flexibility index (Phi) is 5.11. The molecule has 0 fully saturated rings. The van der Waals surface area contributed by atoms with Crippen LogP contribution in [0.5, 0.6) is 0 Å². The number of aryl methyl sites for hydroxylation is 3. The Hall–Kier alpha value is -2.76. The highest BCUT2D eigenvalue weighted by molar-refractivity contribution is 5.94. The molecule has 28 heavy (non-hydrogen) atoms. The van der Waals surface area contributed by atoms with Gasteiger partial charge in [0, 0.05) is 23.1 Å². The van der Waals surface area contributed by atoms with Gasteiger partial charge in [-0.2, -0.15) is 0 Å². The van der Waals surface area contributed by atoms with Gasteiger partial charge in [0.25, 0.3) is 5.91 Å². The molecule has 1 aliphatic rings. The molecule has 5 nitrogen and oxygen atoms in total. The summed E-state index contributed by atoms with van der Waals surface area (Å²) in [6, 6.07) is 13.9. The third-order valence-corrected chi connectivity index (χ3v) is 5.38. The Morgan fingerprint density at radius 2 is 1.86 bits per heavy atom. The summed E-state index contributed by atoms with van der Waals surface area (Å²) in [5, 5.41) is 22.0. The van der Waals surface area contributed by atoms with E-state index < -0.39 is 6.10 Å². The van der Waals surface area contributed by atoms with E-state index in [9.17, 15) is 9.90 Å². The van der Waals surface area contributed by atoms with Gasteiger partial charge in [-0.1, -0.05) is 12.1 Å². The molecule has 0 aliphatic heterocycles. The van der Waals surface area contributed by atoms with E-state index in [-0.39, 0.29) is 19.1 Å². The van der Waals surface area contributed by atoms with Gasteiger partial charge in [-0.05, 0) is 73.2 Å². The number of hydrogen-bond donors (Lipinski definition) is 3. The van der Waals surface area contributed by atoms with Gasteiger partial charge in [0.15, 0.2) is 0 Å². The van der Waals surface area contributed by atoms with Gasteiger partial charge >= 0.3 is 0 Å². The predicted molar refractivity (Wildman–Crippen MR) is 109 cm³/mol. The lowest BCUT2D eigenvalue weighted by molar-refractivity contribution is 0.0802. The second-order valence-corrected chi connectivity index (χ2v) is 7.44. The van der Waals surface area contributed by atoms with Crippen molar-refractivity contribution in [2.45, 2.75) is 32.3 Å². The normalized spacial score (nSPS) is 14.1. The monoisotopic (exact) mass is 376 g/mol. The molecule has 0 radical (unpaired) electrons. The van der Waals surface area contributed by atoms with Crippen molar-refractivity contribution in [1.82, 2.24) is 10.3 Å². The Labute approximate surface area is 164 Å². The van der Waals surface area contributed by atoms with Crippen molar-refractivity contribution >= 4 is 16.8 Å². The lowest BCUT2D eigenvalue weighted by Gasteiger charge is -2.11. The smallest absolute Gasteiger partial charge is 0.251 e. The first kappa shape index (κ1) is 18.6. The van der Waals surface area contributed by atoms with Gasteiger partial charge < -0.3 is 15.5 Å². The van der Waals surface area contributed by atoms with Gasteiger partial charge in [0.2, 0.25) is 0 Å². The van der Waals surface area contributed by atoms with E-state index in [0.717, 1.165) is 29.6 Å². The summed E-state index contributed by atoms with van der Waals surface area (Å²) in [5.74, 6) is -0.280. The number of benzene rings is 2. The van der Waals surface area contributed by atoms with Crippen molar-refractivity contribution in [3.63, 3.8) is 0 Å². The molecule has 1 aliphatic carbocycles. The number of aromatic nitrogens is 1. The Bertz CT molecular complexity index is 1030. The molecule has 1 atom stereocenters. The molecule has 4 rings (SSSR count). The van der Waals surface area contributed by atoms with Crippen LogP contribution in [0, 0.1) is 6.92 Å². The molecule has 3 N–H and O–H groups in total. The molecule has 0 bridgehead atoms. The van der Waals surface area contributed by atoms with Crippen LogP contribution < -0.4 is 5.32 Å². The van der Waals surface area contributed by atoms with E-state index in [4.69, 9.17) is 10.1 Å². The minimum absolute atomic E-state index is 0.0207. The van der Waals surface area contributed by atoms with Crippen LogP contribution in [0.2, 0.25) is 0 Å². The molecule has 1 aromatic heterocycles. The van der Waals surface area contributed by atoms with Crippen molar-refractivity contribution in [1.29, 1.82) is 0 Å². The van der Waals surface area contributed by atoms with Crippen molar-refractivity contribution in [3.8, 4) is 11.3 Å². The van der Waals surface area contributed by atoms with Crippen LogP contribution in [0.4, 0.5) is 0 Å². The molecular weight excluding hydrogens is 352 g/mol. The van der Waals surface area contributed by atoms with E-state index in [1.54, 1.807) is 12.1 Å². The number of nitrogens with one attached hydrogen (secondary N) is 1. The minimum atomic E-state index is -0.950. The van der Waals surface area contributed by atoms with E-state index in [0.29, 0.717) is 5.56 Å². The summed E-state index contributed by atoms with van der Waals surface area (Å²) in [5.41, 5.74) is 7.44. The molecule has 1 amide bonds. The predicted octanol–water partition coefficient (Wildman–Crippen LogP) is 2.78. The second kappa shape index (κ2) is 7.70. The maximum Gasteiger partial charge on any atom is 0.251 e. The fourth-order valence-electron chi connectivity index (χ4n) is 3.78. The summed E-state index contributed by atoms with van der Waals surface area (Å²) >= 11 is 0. The van der Waals surface area contributed by atoms with Gasteiger partial charge in [-0.25, -0.2) is 4.98 Å². The van der Waals surface area contributed by atoms with Gasteiger partial charge in [-0.3, -0.25) is 4.79 Å². The number of fused-ring (bicyclic) bond motifs is 2. The number of amides is 1. The fourth-order valence-corrected chi connectivity index (χ4v) is 3.78. The molecule has 0 unspecified atom stereocenters. The number of hydrogen-bond acceptors (Lipinski definition) is 4. The topological polar surface area (TPSA) is 82.5 Å². The second-order valence-electron chi connectivity index (χ2n) is 7.44. The van der Waals surface area contributed by atoms with Crippen molar-refractivity contribution in [3.05, 3.63) is 64.7 Å². The maximum atomic E-state index is 12.1. The van der Waals surface area contributed by atoms with E-state index in [2.05, 4.69) is 30.4 Å². The van der Waals surface area contributed by atoms with Gasteiger partial charge in [0.05, 0.1) is 23.9 Å². The van der Waals surface area contributed by atoms with Crippen LogP contribution in [0.15, 0.2) is 42.5 Å². The first-order valence-electron chi connectivity index (χ1n) is 9.66. The van der Waals surface area contributed by atoms with Crippen molar-refractivity contribution in [2.24, 2.45) is 0 Å². The van der Waals surface area contributed by atoms with Crippen LogP contribution in [0.1, 0.15) is 33.5 Å². The average Bonchev–Trinajstić information content (AvgIpc) is 3.17. The summed E-state index contributed by atoms with van der Waals surface area (Å²) in [4.78, 5) is 17.0. The van der Waals surface area contributed by atoms with E-state index in [1.165, 1.54) is 28.5 Å². The van der Waals surface area contributed by atoms with Gasteiger partial charge in [-0.15, -0.1) is 0 Å². The SMILES string of the molecule is Cc1cc(-c2ccc(C(=O)NC[C@H](O)CO)cc2)nc2cc3c(cc12)CCC3. The molecule has 0 spiro atoms. The van der Waals surface area contributed by atoms with E-state index >= 15 is 0 Å². The van der Waals surface area contributed by atoms with Crippen molar-refractivity contribution in [2.75, 3.05) is 13.2 Å². The highest BCUT2D eigenvalue weighted by Gasteiger charge is 2.14. The zero-order chi connectivity index (χ0) is 19.7. The third-order valence-electron chi connectivity index (χ3n) is 5.38. The Morgan fingerprint density at radius 3 is 2.57 bits per heavy atom. The fraction of sp³-hybridized carbons (Fsp3) is 0.304. The Balaban J connectivity index is 1.59. The first-order valence-corrected chi connectivity index (χ1v) is 9.66. The summed E-state index contributed by atoms with van der Waals surface area (Å²) in [6.45, 7) is 1.76. The maximum absolute atomic E-state index is 12.1. The quantitative estimate of drug-likeness (QED) is 0.639. The first-order chi connectivity index (χ1) is 13.5. The van der Waals surface area contributed by atoms with Crippen molar-refractivity contribution < 1.29 is 15.0 Å². The Morgan fingerprint density at radius 1 is 1.14 bits per heavy atom. The number of carbonyl (C=O) groups is 1. The number of carbonyl (C=O) groups excluding carboxylic acids is 1. The standard InChI is InChI=1S/C23H24N2O3/c1-14-9-21(25-22-11-18-4-2-3-17(18)10-20(14)22)15-5-7-16(8-6-15)23(28)24-12-19(27)13-26/h5-11,19,26-27H,2-4,12-13H2,1H3,(H,24,28)/t19-/m0/s1. The third kappa shape index (κ3) is 3.63. The van der Waals surface area contributed by atoms with Crippen LogP contribution in [0.3, 0.4) is 0 Å². The molecule has 144 valence electrons. The lowest BCUT2D eigenvalue weighted by atomic mass is 10.0. The number of pyridine rings is 1. The largest absolute Gasteiger partial charge is 0.394 e. The number of aliphatic hydroxyl groups excluding tert-OH is 2. The lowest BCUT2D eigenvalue weighted by Crippen LogP contribution is -2.33. The molecule has 0 saturated heterocycles. The minimum Gasteiger partial charge on any atom is -0.394 e. The molecule has 2 aromatic carbocycles. The highest BCUT2D eigenvalue weighted by atomic mass is 16.3. The summed E-state index contributed by atoms with van der Waals surface area (Å²) in [7, 11) is 0. The van der Waals surface area contributed by atoms with E-state index in [1.807, 2.05) is 12.1 Å². The van der Waals surface area contributed by atoms with Crippen LogP contribution in [0.25, 0.3) is 22.2 Å². The molecule has 1 heterocycles. The zero-order valence-electron chi connectivity index (χ0n) is 15.9. The average molecular weight is 376 g/mol. The summed E-state index contributed by atoms with van der Waals surface area (Å²) in [6.07, 6.45) is 2.56. The number of nitrogens with zero attached hydrogens (tertiary/aromatic N) is 1. The van der Waals surface area contributed by atoms with Crippen LogP contribution >= 0.6 is 0 Å².